The van der Waals surface area contributed by atoms with Crippen LogP contribution in [0.3, 0.4) is 0 Å². The second kappa shape index (κ2) is 15.2. The molecular formula is C36H55N5. The Balaban J connectivity index is 1.14. The van der Waals surface area contributed by atoms with E-state index in [9.17, 15) is 0 Å². The molecule has 0 bridgehead atoms. The number of hydrogen-bond acceptors (Lipinski definition) is 5. The Morgan fingerprint density at radius 2 is 1.61 bits per heavy atom. The van der Waals surface area contributed by atoms with Gasteiger partial charge in [0.1, 0.15) is 0 Å². The van der Waals surface area contributed by atoms with Crippen molar-refractivity contribution < 1.29 is 0 Å². The molecule has 5 rings (SSSR count). The van der Waals surface area contributed by atoms with Gasteiger partial charge in [-0.15, -0.1) is 0 Å². The van der Waals surface area contributed by atoms with Gasteiger partial charge in [0, 0.05) is 50.2 Å². The van der Waals surface area contributed by atoms with Crippen molar-refractivity contribution in [3.8, 4) is 0 Å². The molecule has 0 aromatic heterocycles. The van der Waals surface area contributed by atoms with Gasteiger partial charge in [-0.2, -0.15) is 0 Å². The van der Waals surface area contributed by atoms with Gasteiger partial charge < -0.3 is 24.9 Å². The Labute approximate surface area is 250 Å². The summed E-state index contributed by atoms with van der Waals surface area (Å²) in [4.78, 5) is 10.4. The standard InChI is InChI=1S/C36H55N5/c1-4-30(32-13-15-34(16-14-32)41-27-25-38(3)26-28-41)29-31(5-2)36(33-11-9-12-33)37-19-10-20-39-23-17-35(18-24-39)40-21-7-6-8-22-40/h4-5,13-16,29,35,37H,1,6-12,17-28H2,2-3H3/b30-29+,31-5+. The molecule has 1 aromatic rings. The lowest BCUT2D eigenvalue weighted by molar-refractivity contribution is 0.0922. The van der Waals surface area contributed by atoms with Crippen molar-refractivity contribution in [2.24, 2.45) is 0 Å². The van der Waals surface area contributed by atoms with Crippen molar-refractivity contribution in [2.45, 2.75) is 70.8 Å². The van der Waals surface area contributed by atoms with Crippen molar-refractivity contribution in [1.29, 1.82) is 0 Å². The quantitative estimate of drug-likeness (QED) is 0.254. The lowest BCUT2D eigenvalue weighted by Crippen LogP contribution is -2.47. The highest BCUT2D eigenvalue weighted by Gasteiger charge is 2.25. The minimum atomic E-state index is 0.839. The molecule has 3 heterocycles. The normalized spacial score (nSPS) is 22.5. The zero-order valence-electron chi connectivity index (χ0n) is 26.0. The van der Waals surface area contributed by atoms with Crippen molar-refractivity contribution in [3.63, 3.8) is 0 Å². The van der Waals surface area contributed by atoms with E-state index in [2.05, 4.69) is 81.9 Å². The number of benzene rings is 1. The van der Waals surface area contributed by atoms with Crippen LogP contribution in [0.4, 0.5) is 5.69 Å². The molecule has 4 aliphatic rings. The van der Waals surface area contributed by atoms with Crippen molar-refractivity contribution >= 4 is 11.3 Å². The van der Waals surface area contributed by atoms with Crippen LogP contribution in [-0.2, 0) is 0 Å². The maximum atomic E-state index is 4.19. The third-order valence-electron chi connectivity index (χ3n) is 9.93. The molecule has 3 aliphatic heterocycles. The van der Waals surface area contributed by atoms with Gasteiger partial charge in [-0.25, -0.2) is 0 Å². The molecule has 1 saturated carbocycles. The van der Waals surface area contributed by atoms with E-state index in [0.29, 0.717) is 0 Å². The lowest BCUT2D eigenvalue weighted by atomic mass is 9.87. The van der Waals surface area contributed by atoms with E-state index in [1.54, 1.807) is 5.57 Å². The maximum absolute atomic E-state index is 4.19. The number of likely N-dealkylation sites (tertiary alicyclic amines) is 2. The number of rotatable bonds is 11. The first-order valence-electron chi connectivity index (χ1n) is 16.6. The molecule has 1 aromatic carbocycles. The van der Waals surface area contributed by atoms with Crippen LogP contribution in [-0.4, -0.2) is 93.2 Å². The average molecular weight is 558 g/mol. The fraction of sp³-hybridized carbons (Fsp3) is 0.611. The number of hydrogen-bond donors (Lipinski definition) is 1. The van der Waals surface area contributed by atoms with Crippen molar-refractivity contribution in [3.05, 3.63) is 71.5 Å². The lowest BCUT2D eigenvalue weighted by Gasteiger charge is -2.40. The fourth-order valence-corrected chi connectivity index (χ4v) is 7.00. The molecule has 1 aliphatic carbocycles. The Hall–Kier alpha value is -2.34. The van der Waals surface area contributed by atoms with E-state index in [4.69, 9.17) is 0 Å². The maximum Gasteiger partial charge on any atom is 0.0402 e. The summed E-state index contributed by atoms with van der Waals surface area (Å²) in [5.74, 6) is 0. The summed E-state index contributed by atoms with van der Waals surface area (Å²) in [6.45, 7) is 18.3. The Bertz CT molecular complexity index is 1060. The van der Waals surface area contributed by atoms with Gasteiger partial charge in [-0.3, -0.25) is 0 Å². The number of piperidine rings is 2. The minimum absolute atomic E-state index is 0.839. The second-order valence-corrected chi connectivity index (χ2v) is 12.7. The van der Waals surface area contributed by atoms with Crippen LogP contribution in [0.1, 0.15) is 70.3 Å². The topological polar surface area (TPSA) is 25.0 Å². The zero-order chi connectivity index (χ0) is 28.4. The molecule has 0 radical (unpaired) electrons. The molecule has 3 saturated heterocycles. The van der Waals surface area contributed by atoms with Gasteiger partial charge in [0.25, 0.3) is 0 Å². The number of piperazine rings is 1. The Kier molecular flexibility index (Phi) is 11.2. The molecule has 0 unspecified atom stereocenters. The highest BCUT2D eigenvalue weighted by Crippen LogP contribution is 2.32. The second-order valence-electron chi connectivity index (χ2n) is 12.7. The highest BCUT2D eigenvalue weighted by atomic mass is 15.2. The zero-order valence-corrected chi connectivity index (χ0v) is 26.0. The van der Waals surface area contributed by atoms with Gasteiger partial charge in [-0.05, 0) is 139 Å². The molecule has 4 fully saturated rings. The predicted molar refractivity (Wildman–Crippen MR) is 176 cm³/mol. The Morgan fingerprint density at radius 1 is 0.902 bits per heavy atom. The summed E-state index contributed by atoms with van der Waals surface area (Å²) in [6, 6.07) is 9.95. The van der Waals surface area contributed by atoms with Gasteiger partial charge in [0.2, 0.25) is 0 Å². The molecule has 0 spiro atoms. The molecule has 0 atom stereocenters. The molecule has 5 heteroatoms. The number of anilines is 1. The summed E-state index contributed by atoms with van der Waals surface area (Å²) in [5.41, 5.74) is 8.02. The summed E-state index contributed by atoms with van der Waals surface area (Å²) >= 11 is 0. The van der Waals surface area contributed by atoms with Gasteiger partial charge in [0.05, 0.1) is 0 Å². The summed E-state index contributed by atoms with van der Waals surface area (Å²) < 4.78 is 0. The molecule has 224 valence electrons. The van der Waals surface area contributed by atoms with E-state index in [-0.39, 0.29) is 0 Å². The smallest absolute Gasteiger partial charge is 0.0402 e. The van der Waals surface area contributed by atoms with Crippen molar-refractivity contribution in [2.75, 3.05) is 77.4 Å². The van der Waals surface area contributed by atoms with Crippen molar-refractivity contribution in [1.82, 2.24) is 20.0 Å². The van der Waals surface area contributed by atoms with E-state index in [1.165, 1.54) is 119 Å². The van der Waals surface area contributed by atoms with E-state index in [0.717, 1.165) is 38.8 Å². The SMILES string of the molecule is C=C/C(=C\C(=C/C)C(NCCCN1CCC(N2CCCCC2)CC1)=C1CCC1)c1ccc(N2CCN(C)CC2)cc1. The van der Waals surface area contributed by atoms with Crippen LogP contribution in [0.2, 0.25) is 0 Å². The number of likely N-dealkylation sites (N-methyl/N-ethyl adjacent to an activating group) is 1. The molecular weight excluding hydrogens is 502 g/mol. The van der Waals surface area contributed by atoms with Crippen LogP contribution in [0.15, 0.2) is 65.9 Å². The van der Waals surface area contributed by atoms with E-state index in [1.807, 2.05) is 6.08 Å². The molecule has 5 nitrogen and oxygen atoms in total. The minimum Gasteiger partial charge on any atom is -0.385 e. The monoisotopic (exact) mass is 557 g/mol. The largest absolute Gasteiger partial charge is 0.385 e. The van der Waals surface area contributed by atoms with Gasteiger partial charge in [0.15, 0.2) is 0 Å². The fourth-order valence-electron chi connectivity index (χ4n) is 7.00. The number of nitrogens with zero attached hydrogens (tertiary/aromatic N) is 4. The van der Waals surface area contributed by atoms with Gasteiger partial charge in [-0.1, -0.05) is 37.3 Å². The van der Waals surface area contributed by atoms with Gasteiger partial charge >= 0.3 is 0 Å². The van der Waals surface area contributed by atoms with E-state index >= 15 is 0 Å². The summed E-state index contributed by atoms with van der Waals surface area (Å²) in [5, 5.41) is 3.90. The molecule has 0 amide bonds. The van der Waals surface area contributed by atoms with Crippen LogP contribution in [0, 0.1) is 0 Å². The number of nitrogens with one attached hydrogen (secondary N) is 1. The first kappa shape index (κ1) is 30.1. The third-order valence-corrected chi connectivity index (χ3v) is 9.93. The van der Waals surface area contributed by atoms with Crippen LogP contribution in [0.25, 0.3) is 5.57 Å². The van der Waals surface area contributed by atoms with Crippen LogP contribution < -0.4 is 10.2 Å². The number of allylic oxidation sites excluding steroid dienone is 5. The first-order valence-corrected chi connectivity index (χ1v) is 16.6. The van der Waals surface area contributed by atoms with E-state index < -0.39 is 0 Å². The first-order chi connectivity index (χ1) is 20.1. The third kappa shape index (κ3) is 8.15. The predicted octanol–water partition coefficient (Wildman–Crippen LogP) is 6.32. The van der Waals surface area contributed by atoms with Crippen LogP contribution in [0.5, 0.6) is 0 Å². The summed E-state index contributed by atoms with van der Waals surface area (Å²) in [6.07, 6.45) is 18.6. The molecule has 1 N–H and O–H groups in total. The summed E-state index contributed by atoms with van der Waals surface area (Å²) in [7, 11) is 2.21. The highest BCUT2D eigenvalue weighted by molar-refractivity contribution is 5.77. The van der Waals surface area contributed by atoms with Crippen LogP contribution >= 0.6 is 0 Å². The average Bonchev–Trinajstić information content (AvgIpc) is 3.00. The Morgan fingerprint density at radius 3 is 2.22 bits per heavy atom. The molecule has 41 heavy (non-hydrogen) atoms.